The maximum Gasteiger partial charge on any atom is 0.273 e. The Kier molecular flexibility index (Phi) is 5.25. The molecule has 6 nitrogen and oxygen atoms in total. The van der Waals surface area contributed by atoms with Gasteiger partial charge in [0.1, 0.15) is 12.3 Å². The number of nitrogens with one attached hydrogen (secondary N) is 2. The lowest BCUT2D eigenvalue weighted by molar-refractivity contribution is -0.119. The molecule has 3 rings (SSSR count). The number of carbonyl (C=O) groups is 2. The lowest BCUT2D eigenvalue weighted by atomic mass is 10.2. The number of aryl methyl sites for hydroxylation is 1. The third-order valence-corrected chi connectivity index (χ3v) is 4.34. The van der Waals surface area contributed by atoms with Gasteiger partial charge in [0, 0.05) is 36.4 Å². The van der Waals surface area contributed by atoms with Crippen LogP contribution in [-0.2, 0) is 16.6 Å². The molecule has 3 aromatic rings. The van der Waals surface area contributed by atoms with Crippen molar-refractivity contribution in [2.75, 3.05) is 24.4 Å². The molecule has 0 unspecified atom stereocenters. The molecule has 0 aliphatic heterocycles. The van der Waals surface area contributed by atoms with Gasteiger partial charge in [-0.3, -0.25) is 9.59 Å². The first-order chi connectivity index (χ1) is 12.5. The summed E-state index contributed by atoms with van der Waals surface area (Å²) in [6.07, 6.45) is 0. The Balaban J connectivity index is 1.77. The molecule has 134 valence electrons. The number of halogens is 1. The van der Waals surface area contributed by atoms with Crippen LogP contribution in [0.25, 0.3) is 10.9 Å². The van der Waals surface area contributed by atoms with Crippen LogP contribution in [0.2, 0.25) is 5.02 Å². The number of methoxy groups -OCH3 is 1. The zero-order valence-electron chi connectivity index (χ0n) is 14.4. The van der Waals surface area contributed by atoms with E-state index in [0.717, 1.165) is 10.9 Å². The molecule has 0 bridgehead atoms. The van der Waals surface area contributed by atoms with Crippen LogP contribution >= 0.6 is 11.6 Å². The smallest absolute Gasteiger partial charge is 0.273 e. The number of hydrogen-bond acceptors (Lipinski definition) is 3. The van der Waals surface area contributed by atoms with Crippen LogP contribution in [0, 0.1) is 0 Å². The van der Waals surface area contributed by atoms with E-state index < -0.39 is 0 Å². The van der Waals surface area contributed by atoms with Crippen molar-refractivity contribution in [2.45, 2.75) is 0 Å². The van der Waals surface area contributed by atoms with Gasteiger partial charge in [-0.2, -0.15) is 0 Å². The average molecular weight is 372 g/mol. The first-order valence-electron chi connectivity index (χ1n) is 7.94. The Morgan fingerprint density at radius 2 is 1.65 bits per heavy atom. The largest absolute Gasteiger partial charge is 0.375 e. The molecule has 2 aromatic carbocycles. The summed E-state index contributed by atoms with van der Waals surface area (Å²) < 4.78 is 6.53. The van der Waals surface area contributed by atoms with E-state index in [-0.39, 0.29) is 18.4 Å². The van der Waals surface area contributed by atoms with Gasteiger partial charge in [-0.15, -0.1) is 0 Å². The van der Waals surface area contributed by atoms with E-state index >= 15 is 0 Å². The van der Waals surface area contributed by atoms with Gasteiger partial charge in [-0.05, 0) is 30.3 Å². The second kappa shape index (κ2) is 7.59. The predicted octanol–water partition coefficient (Wildman–Crippen LogP) is 3.67. The third-order valence-electron chi connectivity index (χ3n) is 3.96. The molecule has 0 spiro atoms. The highest BCUT2D eigenvalue weighted by Gasteiger charge is 2.19. The van der Waals surface area contributed by atoms with E-state index in [9.17, 15) is 9.59 Å². The van der Waals surface area contributed by atoms with E-state index in [1.807, 2.05) is 24.3 Å². The molecule has 0 saturated carbocycles. The molecule has 0 saturated heterocycles. The van der Waals surface area contributed by atoms with Gasteiger partial charge in [-0.1, -0.05) is 29.8 Å². The second-order valence-corrected chi connectivity index (χ2v) is 6.13. The van der Waals surface area contributed by atoms with Crippen molar-refractivity contribution < 1.29 is 14.3 Å². The Hall–Kier alpha value is -2.83. The first-order valence-corrected chi connectivity index (χ1v) is 8.32. The van der Waals surface area contributed by atoms with Crippen LogP contribution in [0.15, 0.2) is 48.5 Å². The van der Waals surface area contributed by atoms with Crippen LogP contribution in [0.3, 0.4) is 0 Å². The van der Waals surface area contributed by atoms with E-state index in [2.05, 4.69) is 10.6 Å². The van der Waals surface area contributed by atoms with Gasteiger partial charge in [0.05, 0.1) is 5.02 Å². The molecule has 2 amide bonds. The number of aromatic nitrogens is 1. The number of fused-ring (bicyclic) bond motifs is 1. The molecule has 0 atom stereocenters. The second-order valence-electron chi connectivity index (χ2n) is 5.75. The lowest BCUT2D eigenvalue weighted by Gasteiger charge is -2.09. The Labute approximate surface area is 155 Å². The van der Waals surface area contributed by atoms with Crippen LogP contribution in [-0.4, -0.2) is 30.1 Å². The molecule has 1 aromatic heterocycles. The summed E-state index contributed by atoms with van der Waals surface area (Å²) in [5.74, 6) is -0.545. The molecule has 7 heteroatoms. The molecule has 0 aliphatic carbocycles. The van der Waals surface area contributed by atoms with E-state index in [1.54, 1.807) is 35.9 Å². The SMILES string of the molecule is COCC(=O)Nc1ccc(NC(=O)c2c(Cl)c3ccccc3n2C)cc1. The predicted molar refractivity (Wildman–Crippen MR) is 103 cm³/mol. The Morgan fingerprint density at radius 1 is 1.04 bits per heavy atom. The highest BCUT2D eigenvalue weighted by molar-refractivity contribution is 6.39. The molecule has 0 aliphatic rings. The van der Waals surface area contributed by atoms with Crippen molar-refractivity contribution in [1.82, 2.24) is 4.57 Å². The van der Waals surface area contributed by atoms with Crippen molar-refractivity contribution in [3.63, 3.8) is 0 Å². The van der Waals surface area contributed by atoms with Crippen LogP contribution in [0.4, 0.5) is 11.4 Å². The van der Waals surface area contributed by atoms with Gasteiger partial charge in [0.2, 0.25) is 5.91 Å². The number of amides is 2. The van der Waals surface area contributed by atoms with Crippen LogP contribution < -0.4 is 10.6 Å². The quantitative estimate of drug-likeness (QED) is 0.718. The minimum atomic E-state index is -0.301. The van der Waals surface area contributed by atoms with Gasteiger partial charge < -0.3 is 19.9 Å². The maximum atomic E-state index is 12.7. The summed E-state index contributed by atoms with van der Waals surface area (Å²) in [6.45, 7) is -0.0158. The van der Waals surface area contributed by atoms with Gasteiger partial charge in [-0.25, -0.2) is 0 Å². The van der Waals surface area contributed by atoms with Crippen molar-refractivity contribution >= 4 is 45.7 Å². The number of benzene rings is 2. The monoisotopic (exact) mass is 371 g/mol. The lowest BCUT2D eigenvalue weighted by Crippen LogP contribution is -2.17. The normalized spacial score (nSPS) is 10.7. The fraction of sp³-hybridized carbons (Fsp3) is 0.158. The zero-order chi connectivity index (χ0) is 18.7. The van der Waals surface area contributed by atoms with Gasteiger partial charge in [0.25, 0.3) is 5.91 Å². The van der Waals surface area contributed by atoms with Crippen molar-refractivity contribution in [3.8, 4) is 0 Å². The van der Waals surface area contributed by atoms with E-state index in [1.165, 1.54) is 7.11 Å². The molecular formula is C19H18ClN3O3. The van der Waals surface area contributed by atoms with Crippen LogP contribution in [0.5, 0.6) is 0 Å². The highest BCUT2D eigenvalue weighted by atomic mass is 35.5. The summed E-state index contributed by atoms with van der Waals surface area (Å²) in [5, 5.41) is 6.77. The van der Waals surface area contributed by atoms with Gasteiger partial charge >= 0.3 is 0 Å². The molecule has 26 heavy (non-hydrogen) atoms. The Morgan fingerprint density at radius 3 is 2.27 bits per heavy atom. The maximum absolute atomic E-state index is 12.7. The van der Waals surface area contributed by atoms with Crippen molar-refractivity contribution in [3.05, 3.63) is 59.2 Å². The summed E-state index contributed by atoms with van der Waals surface area (Å²) in [5.41, 5.74) is 2.50. The van der Waals surface area contributed by atoms with Gasteiger partial charge in [0.15, 0.2) is 0 Å². The first kappa shape index (κ1) is 18.0. The number of ether oxygens (including phenoxy) is 1. The number of anilines is 2. The molecule has 0 radical (unpaired) electrons. The summed E-state index contributed by atoms with van der Waals surface area (Å²) >= 11 is 6.39. The summed E-state index contributed by atoms with van der Waals surface area (Å²) in [7, 11) is 3.26. The Bertz CT molecular complexity index is 925. The average Bonchev–Trinajstić information content (AvgIpc) is 2.88. The van der Waals surface area contributed by atoms with Crippen molar-refractivity contribution in [2.24, 2.45) is 7.05 Å². The fourth-order valence-electron chi connectivity index (χ4n) is 2.75. The van der Waals surface area contributed by atoms with E-state index in [0.29, 0.717) is 22.1 Å². The number of hydrogen-bond donors (Lipinski definition) is 2. The number of nitrogens with zero attached hydrogens (tertiary/aromatic N) is 1. The van der Waals surface area contributed by atoms with Crippen molar-refractivity contribution in [1.29, 1.82) is 0 Å². The minimum Gasteiger partial charge on any atom is -0.375 e. The molecule has 2 N–H and O–H groups in total. The fourth-order valence-corrected chi connectivity index (χ4v) is 3.13. The topological polar surface area (TPSA) is 72.4 Å². The molecule has 0 fully saturated rings. The number of para-hydroxylation sites is 1. The molecular weight excluding hydrogens is 354 g/mol. The summed E-state index contributed by atoms with van der Waals surface area (Å²) in [6, 6.07) is 14.4. The standard InChI is InChI=1S/C19H18ClN3O3/c1-23-15-6-4-3-5-14(15)17(20)18(23)19(25)22-13-9-7-12(8-10-13)21-16(24)11-26-2/h3-10H,11H2,1-2H3,(H,21,24)(H,22,25). The zero-order valence-corrected chi connectivity index (χ0v) is 15.1. The van der Waals surface area contributed by atoms with E-state index in [4.69, 9.17) is 16.3 Å². The van der Waals surface area contributed by atoms with Crippen LogP contribution in [0.1, 0.15) is 10.5 Å². The minimum absolute atomic E-state index is 0.0158. The molecule has 1 heterocycles. The third kappa shape index (κ3) is 3.56. The number of rotatable bonds is 5. The number of carbonyl (C=O) groups excluding carboxylic acids is 2. The highest BCUT2D eigenvalue weighted by Crippen LogP contribution is 2.30. The summed E-state index contributed by atoms with van der Waals surface area (Å²) in [4.78, 5) is 24.2.